The van der Waals surface area contributed by atoms with Crippen molar-refractivity contribution in [2.45, 2.75) is 6.92 Å². The van der Waals surface area contributed by atoms with Crippen LogP contribution in [0.15, 0.2) is 61.2 Å². The standard InChI is InChI=1S/C25H17N7O2/c1-13-6-7-26-9-15(13)17-3-4-18-23(28-17)24(32-31-18)25-29-19-11-27-10-16(22(19)30-25)14-2-5-20-21(8-14)34-12-33-20/h2-11H,12H2,1H3,(H,29,30)(H,31,32). The van der Waals surface area contributed by atoms with E-state index in [1.807, 2.05) is 49.5 Å². The number of benzene rings is 1. The van der Waals surface area contributed by atoms with Crippen LogP contribution in [0.4, 0.5) is 0 Å². The van der Waals surface area contributed by atoms with Gasteiger partial charge in [0.15, 0.2) is 23.0 Å². The van der Waals surface area contributed by atoms with Crippen molar-refractivity contribution in [3.8, 4) is 45.4 Å². The van der Waals surface area contributed by atoms with Crippen LogP contribution in [-0.2, 0) is 0 Å². The van der Waals surface area contributed by atoms with Gasteiger partial charge in [-0.05, 0) is 48.4 Å². The second-order valence-electron chi connectivity index (χ2n) is 8.09. The summed E-state index contributed by atoms with van der Waals surface area (Å²) in [4.78, 5) is 21.8. The number of fused-ring (bicyclic) bond motifs is 3. The van der Waals surface area contributed by atoms with Crippen molar-refractivity contribution in [1.82, 2.24) is 35.1 Å². The second-order valence-corrected chi connectivity index (χ2v) is 8.09. The Morgan fingerprint density at radius 3 is 2.68 bits per heavy atom. The highest BCUT2D eigenvalue weighted by Crippen LogP contribution is 2.38. The molecule has 0 aliphatic carbocycles. The summed E-state index contributed by atoms with van der Waals surface area (Å²) >= 11 is 0. The van der Waals surface area contributed by atoms with Crippen molar-refractivity contribution in [3.63, 3.8) is 0 Å². The van der Waals surface area contributed by atoms with Crippen LogP contribution in [0.5, 0.6) is 11.5 Å². The van der Waals surface area contributed by atoms with Crippen LogP contribution in [0.25, 0.3) is 56.0 Å². The summed E-state index contributed by atoms with van der Waals surface area (Å²) in [5.74, 6) is 2.06. The van der Waals surface area contributed by atoms with Crippen LogP contribution in [-0.4, -0.2) is 41.9 Å². The molecule has 0 bridgehead atoms. The predicted octanol–water partition coefficient (Wildman–Crippen LogP) is 4.66. The van der Waals surface area contributed by atoms with Gasteiger partial charge in [0.05, 0.1) is 28.4 Å². The van der Waals surface area contributed by atoms with E-state index in [4.69, 9.17) is 19.4 Å². The lowest BCUT2D eigenvalue weighted by Gasteiger charge is -2.04. The minimum atomic E-state index is 0.230. The number of aromatic amines is 2. The molecule has 6 heterocycles. The number of nitrogens with one attached hydrogen (secondary N) is 2. The quantitative estimate of drug-likeness (QED) is 0.405. The average molecular weight is 447 g/mol. The molecule has 9 nitrogen and oxygen atoms in total. The molecule has 0 saturated heterocycles. The number of hydrogen-bond donors (Lipinski definition) is 2. The Labute approximate surface area is 192 Å². The number of aryl methyl sites for hydroxylation is 1. The van der Waals surface area contributed by atoms with Gasteiger partial charge in [-0.1, -0.05) is 6.07 Å². The van der Waals surface area contributed by atoms with Crippen molar-refractivity contribution < 1.29 is 9.47 Å². The zero-order valence-electron chi connectivity index (χ0n) is 18.0. The molecule has 0 fully saturated rings. The summed E-state index contributed by atoms with van der Waals surface area (Å²) in [6.07, 6.45) is 7.16. The molecule has 6 aromatic rings. The summed E-state index contributed by atoms with van der Waals surface area (Å²) in [5, 5.41) is 7.58. The number of imidazole rings is 1. The van der Waals surface area contributed by atoms with Crippen molar-refractivity contribution in [3.05, 3.63) is 66.7 Å². The first-order valence-electron chi connectivity index (χ1n) is 10.7. The van der Waals surface area contributed by atoms with Gasteiger partial charge in [0.1, 0.15) is 5.52 Å². The fraction of sp³-hybridized carbons (Fsp3) is 0.0800. The van der Waals surface area contributed by atoms with E-state index in [0.717, 1.165) is 55.8 Å². The molecule has 9 heteroatoms. The van der Waals surface area contributed by atoms with Crippen LogP contribution in [0.2, 0.25) is 0 Å². The maximum Gasteiger partial charge on any atom is 0.231 e. The van der Waals surface area contributed by atoms with Gasteiger partial charge in [-0.2, -0.15) is 5.10 Å². The summed E-state index contributed by atoms with van der Waals surface area (Å²) in [6, 6.07) is 11.7. The van der Waals surface area contributed by atoms with Crippen LogP contribution in [0, 0.1) is 6.92 Å². The van der Waals surface area contributed by atoms with Crippen LogP contribution >= 0.6 is 0 Å². The predicted molar refractivity (Wildman–Crippen MR) is 126 cm³/mol. The van der Waals surface area contributed by atoms with E-state index >= 15 is 0 Å². The van der Waals surface area contributed by atoms with Crippen LogP contribution in [0.3, 0.4) is 0 Å². The van der Waals surface area contributed by atoms with Crippen LogP contribution in [0.1, 0.15) is 5.56 Å². The van der Waals surface area contributed by atoms with Gasteiger partial charge in [-0.3, -0.25) is 15.1 Å². The Kier molecular flexibility index (Phi) is 3.92. The van der Waals surface area contributed by atoms with Gasteiger partial charge < -0.3 is 14.5 Å². The van der Waals surface area contributed by atoms with Gasteiger partial charge >= 0.3 is 0 Å². The molecule has 7 rings (SSSR count). The molecule has 2 N–H and O–H groups in total. The molecule has 1 aliphatic heterocycles. The molecule has 1 aromatic carbocycles. The Balaban J connectivity index is 1.37. The van der Waals surface area contributed by atoms with Crippen molar-refractivity contribution in [1.29, 1.82) is 0 Å². The largest absolute Gasteiger partial charge is 0.454 e. The van der Waals surface area contributed by atoms with Gasteiger partial charge in [0.2, 0.25) is 6.79 Å². The SMILES string of the molecule is Cc1ccncc1-c1ccc2[nH]nc(-c3nc4c(-c5ccc6c(c5)OCO6)cncc4[nH]3)c2n1. The first kappa shape index (κ1) is 18.8. The Morgan fingerprint density at radius 1 is 0.824 bits per heavy atom. The molecular formula is C25H17N7O2. The summed E-state index contributed by atoms with van der Waals surface area (Å²) in [5.41, 5.74) is 8.56. The molecule has 1 aliphatic rings. The maximum absolute atomic E-state index is 5.54. The third-order valence-electron chi connectivity index (χ3n) is 6.02. The monoisotopic (exact) mass is 447 g/mol. The minimum absolute atomic E-state index is 0.230. The second kappa shape index (κ2) is 7.11. The van der Waals surface area contributed by atoms with Gasteiger partial charge in [-0.25, -0.2) is 9.97 Å². The van der Waals surface area contributed by atoms with Gasteiger partial charge in [0, 0.05) is 29.7 Å². The number of aromatic nitrogens is 7. The number of ether oxygens (including phenoxy) is 2. The molecule has 0 radical (unpaired) electrons. The zero-order valence-corrected chi connectivity index (χ0v) is 18.0. The molecule has 164 valence electrons. The maximum atomic E-state index is 5.54. The summed E-state index contributed by atoms with van der Waals surface area (Å²) < 4.78 is 11.0. The normalized spacial score (nSPS) is 12.6. The fourth-order valence-electron chi connectivity index (χ4n) is 4.27. The van der Waals surface area contributed by atoms with E-state index in [1.165, 1.54) is 0 Å². The molecule has 0 unspecified atom stereocenters. The number of rotatable bonds is 3. The lowest BCUT2D eigenvalue weighted by atomic mass is 10.1. The first-order valence-corrected chi connectivity index (χ1v) is 10.7. The lowest BCUT2D eigenvalue weighted by Crippen LogP contribution is -1.92. The van der Waals surface area contributed by atoms with Crippen molar-refractivity contribution in [2.75, 3.05) is 6.79 Å². The first-order chi connectivity index (χ1) is 16.7. The van der Waals surface area contributed by atoms with E-state index < -0.39 is 0 Å². The lowest BCUT2D eigenvalue weighted by molar-refractivity contribution is 0.174. The molecule has 34 heavy (non-hydrogen) atoms. The van der Waals surface area contributed by atoms with E-state index in [9.17, 15) is 0 Å². The highest BCUT2D eigenvalue weighted by atomic mass is 16.7. The third-order valence-corrected chi connectivity index (χ3v) is 6.02. The van der Waals surface area contributed by atoms with Crippen molar-refractivity contribution >= 4 is 22.1 Å². The Morgan fingerprint density at radius 2 is 1.74 bits per heavy atom. The Hall–Kier alpha value is -4.79. The fourth-order valence-corrected chi connectivity index (χ4v) is 4.27. The molecule has 0 spiro atoms. The number of pyridine rings is 3. The highest BCUT2D eigenvalue weighted by Gasteiger charge is 2.19. The van der Waals surface area contributed by atoms with E-state index in [0.29, 0.717) is 17.3 Å². The van der Waals surface area contributed by atoms with E-state index in [1.54, 1.807) is 18.6 Å². The topological polar surface area (TPSA) is 114 Å². The van der Waals surface area contributed by atoms with Gasteiger partial charge in [0.25, 0.3) is 0 Å². The number of hydrogen-bond acceptors (Lipinski definition) is 7. The summed E-state index contributed by atoms with van der Waals surface area (Å²) in [7, 11) is 0. The number of H-pyrrole nitrogens is 2. The smallest absolute Gasteiger partial charge is 0.231 e. The molecule has 5 aromatic heterocycles. The van der Waals surface area contributed by atoms with Gasteiger partial charge in [-0.15, -0.1) is 0 Å². The summed E-state index contributed by atoms with van der Waals surface area (Å²) in [6.45, 7) is 2.27. The Bertz CT molecular complexity index is 1720. The highest BCUT2D eigenvalue weighted by molar-refractivity contribution is 5.96. The molecule has 0 amide bonds. The van der Waals surface area contributed by atoms with Crippen LogP contribution < -0.4 is 9.47 Å². The molecule has 0 saturated carbocycles. The average Bonchev–Trinajstić information content (AvgIpc) is 3.60. The van der Waals surface area contributed by atoms with E-state index in [2.05, 4.69) is 25.1 Å². The number of nitrogens with zero attached hydrogens (tertiary/aromatic N) is 5. The minimum Gasteiger partial charge on any atom is -0.454 e. The zero-order chi connectivity index (χ0) is 22.6. The third kappa shape index (κ3) is 2.83. The molecular weight excluding hydrogens is 430 g/mol. The van der Waals surface area contributed by atoms with Crippen molar-refractivity contribution in [2.24, 2.45) is 0 Å². The van der Waals surface area contributed by atoms with E-state index in [-0.39, 0.29) is 6.79 Å². The molecule has 0 atom stereocenters.